The van der Waals surface area contributed by atoms with E-state index in [1.807, 2.05) is 37.3 Å². The molecule has 0 aliphatic carbocycles. The lowest BCUT2D eigenvalue weighted by Gasteiger charge is -2.33. The van der Waals surface area contributed by atoms with Gasteiger partial charge in [0, 0.05) is 18.1 Å². The van der Waals surface area contributed by atoms with Crippen LogP contribution in [0.25, 0.3) is 0 Å². The summed E-state index contributed by atoms with van der Waals surface area (Å²) in [5.74, 6) is 1.03. The van der Waals surface area contributed by atoms with Gasteiger partial charge in [0.15, 0.2) is 0 Å². The van der Waals surface area contributed by atoms with E-state index in [0.717, 1.165) is 66.4 Å². The molecule has 1 aliphatic heterocycles. The summed E-state index contributed by atoms with van der Waals surface area (Å²) in [5.41, 5.74) is 3.33. The molecule has 0 spiro atoms. The first-order valence-electron chi connectivity index (χ1n) is 10.4. The number of rotatable bonds is 7. The van der Waals surface area contributed by atoms with Crippen molar-refractivity contribution in [3.05, 3.63) is 64.2 Å². The molecule has 2 aromatic rings. The minimum absolute atomic E-state index is 0.0135. The molecule has 1 amide bonds. The van der Waals surface area contributed by atoms with Crippen LogP contribution >= 0.6 is 11.6 Å². The zero-order chi connectivity index (χ0) is 20.8. The van der Waals surface area contributed by atoms with Crippen molar-refractivity contribution in [2.75, 3.05) is 20.2 Å². The Morgan fingerprint density at radius 3 is 2.79 bits per heavy atom. The van der Waals surface area contributed by atoms with E-state index in [9.17, 15) is 4.79 Å². The predicted octanol–water partition coefficient (Wildman–Crippen LogP) is 5.14. The minimum atomic E-state index is 0.0135. The standard InChI is InChI=1S/C24H31ClN2O2/c1-4-22(18-11-12-23(29-3)17(2)14-18)26-24(28)20-9-7-13-27(16-20)15-19-8-5-6-10-21(19)25/h5-6,8,10-12,14,20,22H,4,7,9,13,15-16H2,1-3H3,(H,26,28)/t20-,22+/m0/s1. The van der Waals surface area contributed by atoms with E-state index in [1.54, 1.807) is 7.11 Å². The van der Waals surface area contributed by atoms with Crippen LogP contribution in [0.1, 0.15) is 48.9 Å². The van der Waals surface area contributed by atoms with Crippen molar-refractivity contribution in [2.45, 2.75) is 45.7 Å². The summed E-state index contributed by atoms with van der Waals surface area (Å²) in [6, 6.07) is 14.1. The Morgan fingerprint density at radius 1 is 1.31 bits per heavy atom. The fraction of sp³-hybridized carbons (Fsp3) is 0.458. The second-order valence-electron chi connectivity index (χ2n) is 7.86. The second kappa shape index (κ2) is 10.1. The average molecular weight is 415 g/mol. The monoisotopic (exact) mass is 414 g/mol. The number of piperidine rings is 1. The summed E-state index contributed by atoms with van der Waals surface area (Å²) in [7, 11) is 1.68. The van der Waals surface area contributed by atoms with Crippen molar-refractivity contribution >= 4 is 17.5 Å². The third kappa shape index (κ3) is 5.52. The average Bonchev–Trinajstić information content (AvgIpc) is 2.73. The predicted molar refractivity (Wildman–Crippen MR) is 118 cm³/mol. The smallest absolute Gasteiger partial charge is 0.224 e. The zero-order valence-corrected chi connectivity index (χ0v) is 18.3. The van der Waals surface area contributed by atoms with Gasteiger partial charge in [0.05, 0.1) is 19.1 Å². The third-order valence-corrected chi connectivity index (χ3v) is 6.14. The van der Waals surface area contributed by atoms with Gasteiger partial charge < -0.3 is 10.1 Å². The highest BCUT2D eigenvalue weighted by atomic mass is 35.5. The van der Waals surface area contributed by atoms with Gasteiger partial charge in [-0.3, -0.25) is 9.69 Å². The molecule has 1 fully saturated rings. The van der Waals surface area contributed by atoms with Gasteiger partial charge in [0.2, 0.25) is 5.91 Å². The normalized spacial score (nSPS) is 18.3. The van der Waals surface area contributed by atoms with E-state index in [0.29, 0.717) is 0 Å². The molecule has 0 saturated carbocycles. The van der Waals surface area contributed by atoms with Gasteiger partial charge in [-0.05, 0) is 61.6 Å². The molecule has 2 atom stereocenters. The van der Waals surface area contributed by atoms with Crippen LogP contribution in [0.4, 0.5) is 0 Å². The molecule has 0 radical (unpaired) electrons. The van der Waals surface area contributed by atoms with Gasteiger partial charge in [-0.1, -0.05) is 48.9 Å². The number of likely N-dealkylation sites (tertiary alicyclic amines) is 1. The lowest BCUT2D eigenvalue weighted by molar-refractivity contribution is -0.127. The van der Waals surface area contributed by atoms with Crippen molar-refractivity contribution in [1.82, 2.24) is 10.2 Å². The first-order chi connectivity index (χ1) is 14.0. The third-order valence-electron chi connectivity index (χ3n) is 5.77. The maximum atomic E-state index is 13.0. The van der Waals surface area contributed by atoms with Crippen LogP contribution in [0, 0.1) is 12.8 Å². The van der Waals surface area contributed by atoms with Crippen LogP contribution in [-0.2, 0) is 11.3 Å². The number of nitrogens with one attached hydrogen (secondary N) is 1. The number of hydrogen-bond acceptors (Lipinski definition) is 3. The lowest BCUT2D eigenvalue weighted by atomic mass is 9.95. The topological polar surface area (TPSA) is 41.6 Å². The Hall–Kier alpha value is -2.04. The molecule has 1 heterocycles. The lowest BCUT2D eigenvalue weighted by Crippen LogP contribution is -2.43. The zero-order valence-electron chi connectivity index (χ0n) is 17.6. The number of benzene rings is 2. The summed E-state index contributed by atoms with van der Waals surface area (Å²) in [5, 5.41) is 4.07. The van der Waals surface area contributed by atoms with Crippen LogP contribution in [0.15, 0.2) is 42.5 Å². The molecule has 1 aliphatic rings. The van der Waals surface area contributed by atoms with Crippen molar-refractivity contribution in [2.24, 2.45) is 5.92 Å². The quantitative estimate of drug-likeness (QED) is 0.682. The fourth-order valence-corrected chi connectivity index (χ4v) is 4.31. The molecule has 2 aromatic carbocycles. The maximum absolute atomic E-state index is 13.0. The Balaban J connectivity index is 1.63. The van der Waals surface area contributed by atoms with Crippen molar-refractivity contribution in [3.8, 4) is 5.75 Å². The molecule has 4 nitrogen and oxygen atoms in total. The van der Waals surface area contributed by atoms with E-state index >= 15 is 0 Å². The highest BCUT2D eigenvalue weighted by molar-refractivity contribution is 6.31. The summed E-state index contributed by atoms with van der Waals surface area (Å²) in [6.45, 7) is 6.71. The van der Waals surface area contributed by atoms with E-state index in [2.05, 4.69) is 29.3 Å². The van der Waals surface area contributed by atoms with Gasteiger partial charge in [-0.2, -0.15) is 0 Å². The summed E-state index contributed by atoms with van der Waals surface area (Å²) >= 11 is 6.32. The van der Waals surface area contributed by atoms with Gasteiger partial charge >= 0.3 is 0 Å². The van der Waals surface area contributed by atoms with Gasteiger partial charge in [0.1, 0.15) is 5.75 Å². The summed E-state index contributed by atoms with van der Waals surface area (Å²) in [4.78, 5) is 15.4. The van der Waals surface area contributed by atoms with E-state index < -0.39 is 0 Å². The molecule has 29 heavy (non-hydrogen) atoms. The van der Waals surface area contributed by atoms with E-state index in [4.69, 9.17) is 16.3 Å². The molecule has 156 valence electrons. The number of halogens is 1. The summed E-state index contributed by atoms with van der Waals surface area (Å²) in [6.07, 6.45) is 2.82. The largest absolute Gasteiger partial charge is 0.496 e. The molecule has 1 saturated heterocycles. The van der Waals surface area contributed by atoms with E-state index in [-0.39, 0.29) is 17.9 Å². The number of hydrogen-bond donors (Lipinski definition) is 1. The number of ether oxygens (including phenoxy) is 1. The molecule has 0 bridgehead atoms. The molecular formula is C24H31ClN2O2. The number of methoxy groups -OCH3 is 1. The molecule has 5 heteroatoms. The Morgan fingerprint density at radius 2 is 2.10 bits per heavy atom. The van der Waals surface area contributed by atoms with Crippen LogP contribution in [-0.4, -0.2) is 31.0 Å². The molecule has 1 N–H and O–H groups in total. The van der Waals surface area contributed by atoms with Crippen LogP contribution in [0.3, 0.4) is 0 Å². The minimum Gasteiger partial charge on any atom is -0.496 e. The summed E-state index contributed by atoms with van der Waals surface area (Å²) < 4.78 is 5.36. The fourth-order valence-electron chi connectivity index (χ4n) is 4.11. The van der Waals surface area contributed by atoms with Gasteiger partial charge in [-0.15, -0.1) is 0 Å². The highest BCUT2D eigenvalue weighted by Crippen LogP contribution is 2.26. The van der Waals surface area contributed by atoms with Crippen molar-refractivity contribution in [3.63, 3.8) is 0 Å². The van der Waals surface area contributed by atoms with Crippen LogP contribution < -0.4 is 10.1 Å². The first kappa shape index (κ1) is 21.7. The molecule has 0 unspecified atom stereocenters. The number of nitrogens with zero attached hydrogens (tertiary/aromatic N) is 1. The van der Waals surface area contributed by atoms with Crippen LogP contribution in [0.5, 0.6) is 5.75 Å². The highest BCUT2D eigenvalue weighted by Gasteiger charge is 2.27. The molecule has 3 rings (SSSR count). The Labute approximate surface area is 179 Å². The number of carbonyl (C=O) groups is 1. The number of amides is 1. The Kier molecular flexibility index (Phi) is 7.57. The number of aryl methyl sites for hydroxylation is 1. The molecule has 0 aromatic heterocycles. The number of carbonyl (C=O) groups excluding carboxylic acids is 1. The van der Waals surface area contributed by atoms with Gasteiger partial charge in [-0.25, -0.2) is 0 Å². The SMILES string of the molecule is CC[C@@H](NC(=O)[C@H]1CCCN(Cc2ccccc2Cl)C1)c1ccc(OC)c(C)c1. The van der Waals surface area contributed by atoms with Crippen molar-refractivity contribution < 1.29 is 9.53 Å². The Bertz CT molecular complexity index is 839. The van der Waals surface area contributed by atoms with E-state index in [1.165, 1.54) is 0 Å². The first-order valence-corrected chi connectivity index (χ1v) is 10.8. The van der Waals surface area contributed by atoms with Crippen molar-refractivity contribution in [1.29, 1.82) is 0 Å². The maximum Gasteiger partial charge on any atom is 0.224 e. The molecular weight excluding hydrogens is 384 g/mol. The van der Waals surface area contributed by atoms with Gasteiger partial charge in [0.25, 0.3) is 0 Å². The second-order valence-corrected chi connectivity index (χ2v) is 8.27. The van der Waals surface area contributed by atoms with Crippen LogP contribution in [0.2, 0.25) is 5.02 Å².